The molecule has 0 radical (unpaired) electrons. The molecule has 2 amide bonds. The number of aryl methyl sites for hydroxylation is 1. The van der Waals surface area contributed by atoms with Crippen LogP contribution in [0.2, 0.25) is 0 Å². The minimum atomic E-state index is -0.597. The summed E-state index contributed by atoms with van der Waals surface area (Å²) in [6.07, 6.45) is 3.39. The number of nitrogens with one attached hydrogen (secondary N) is 2. The van der Waals surface area contributed by atoms with Gasteiger partial charge in [0.25, 0.3) is 11.8 Å². The molecule has 0 aliphatic carbocycles. The molecule has 1 heterocycles. The van der Waals surface area contributed by atoms with Crippen molar-refractivity contribution in [2.75, 3.05) is 13.7 Å². The highest BCUT2D eigenvalue weighted by Gasteiger charge is 2.22. The van der Waals surface area contributed by atoms with Crippen molar-refractivity contribution < 1.29 is 23.5 Å². The molecular weight excluding hydrogens is 427 g/mol. The first-order chi connectivity index (χ1) is 15.8. The topological polar surface area (TPSA) is 94.5 Å². The van der Waals surface area contributed by atoms with Gasteiger partial charge in [0.2, 0.25) is 0 Å². The van der Waals surface area contributed by atoms with Crippen LogP contribution in [0.3, 0.4) is 0 Å². The van der Waals surface area contributed by atoms with Gasteiger partial charge in [-0.25, -0.2) is 9.37 Å². The van der Waals surface area contributed by atoms with E-state index in [1.54, 1.807) is 41.2 Å². The largest absolute Gasteiger partial charge is 0.493 e. The Morgan fingerprint density at radius 2 is 1.82 bits per heavy atom. The van der Waals surface area contributed by atoms with Gasteiger partial charge in [-0.3, -0.25) is 9.59 Å². The van der Waals surface area contributed by atoms with E-state index >= 15 is 0 Å². The van der Waals surface area contributed by atoms with Gasteiger partial charge in [0, 0.05) is 31.0 Å². The quantitative estimate of drug-likeness (QED) is 0.518. The Bertz CT molecular complexity index is 1110. The van der Waals surface area contributed by atoms with Crippen LogP contribution >= 0.6 is 0 Å². The summed E-state index contributed by atoms with van der Waals surface area (Å²) < 4.78 is 26.1. The van der Waals surface area contributed by atoms with Crippen LogP contribution in [0, 0.1) is 5.82 Å². The first-order valence-corrected chi connectivity index (χ1v) is 10.4. The normalized spacial score (nSPS) is 11.7. The molecular formula is C24H27FN4O4. The number of carbonyl (C=O) groups excluding carboxylic acids is 2. The fourth-order valence-corrected chi connectivity index (χ4v) is 3.26. The molecule has 0 saturated carbocycles. The Morgan fingerprint density at radius 1 is 1.09 bits per heavy atom. The summed E-state index contributed by atoms with van der Waals surface area (Å²) in [5.41, 5.74) is 1.01. The molecule has 1 atom stereocenters. The van der Waals surface area contributed by atoms with E-state index in [4.69, 9.17) is 9.47 Å². The molecule has 9 heteroatoms. The molecule has 3 aromatic rings. The van der Waals surface area contributed by atoms with Gasteiger partial charge in [-0.1, -0.05) is 12.1 Å². The van der Waals surface area contributed by atoms with E-state index < -0.39 is 6.04 Å². The van der Waals surface area contributed by atoms with E-state index in [9.17, 15) is 14.0 Å². The molecule has 0 saturated heterocycles. The van der Waals surface area contributed by atoms with E-state index in [1.165, 1.54) is 25.3 Å². The zero-order valence-electron chi connectivity index (χ0n) is 19.0. The number of aromatic nitrogens is 2. The maximum absolute atomic E-state index is 13.4. The number of nitrogens with zero attached hydrogens (tertiary/aromatic N) is 2. The number of carbonyl (C=O) groups is 2. The minimum Gasteiger partial charge on any atom is -0.493 e. The van der Waals surface area contributed by atoms with Gasteiger partial charge < -0.3 is 24.7 Å². The number of ether oxygens (including phenoxy) is 2. The SMILES string of the molecule is COc1cc(C(=O)NC(c2ccc(F)cc2)c2nccn2C)ccc1OCC(=O)NC(C)C. The van der Waals surface area contributed by atoms with Crippen molar-refractivity contribution in [3.63, 3.8) is 0 Å². The number of hydrogen-bond donors (Lipinski definition) is 2. The number of hydrogen-bond acceptors (Lipinski definition) is 5. The molecule has 0 bridgehead atoms. The van der Waals surface area contributed by atoms with Gasteiger partial charge in [-0.05, 0) is 49.7 Å². The number of rotatable bonds is 9. The smallest absolute Gasteiger partial charge is 0.258 e. The summed E-state index contributed by atoms with van der Waals surface area (Å²) >= 11 is 0. The summed E-state index contributed by atoms with van der Waals surface area (Å²) in [4.78, 5) is 29.3. The highest BCUT2D eigenvalue weighted by atomic mass is 19.1. The van der Waals surface area contributed by atoms with Crippen LogP contribution in [0.5, 0.6) is 11.5 Å². The van der Waals surface area contributed by atoms with Crippen molar-refractivity contribution in [3.05, 3.63) is 77.6 Å². The van der Waals surface area contributed by atoms with Crippen LogP contribution in [0.4, 0.5) is 4.39 Å². The van der Waals surface area contributed by atoms with Gasteiger partial charge >= 0.3 is 0 Å². The number of halogens is 1. The van der Waals surface area contributed by atoms with Crippen LogP contribution in [0.15, 0.2) is 54.9 Å². The van der Waals surface area contributed by atoms with Crippen LogP contribution in [-0.4, -0.2) is 41.1 Å². The molecule has 0 aliphatic rings. The second-order valence-electron chi connectivity index (χ2n) is 7.73. The second kappa shape index (κ2) is 10.6. The van der Waals surface area contributed by atoms with Gasteiger partial charge in [0.05, 0.1) is 7.11 Å². The maximum atomic E-state index is 13.4. The van der Waals surface area contributed by atoms with Crippen molar-refractivity contribution in [2.45, 2.75) is 25.9 Å². The fraction of sp³-hybridized carbons (Fsp3) is 0.292. The standard InChI is InChI=1S/C24H27FN4O4/c1-15(2)27-21(30)14-33-19-10-7-17(13-20(19)32-4)24(31)28-22(23-26-11-12-29(23)3)16-5-8-18(25)9-6-16/h5-13,15,22H,14H2,1-4H3,(H,27,30)(H,28,31). The first kappa shape index (κ1) is 23.8. The van der Waals surface area contributed by atoms with E-state index in [0.717, 1.165) is 0 Å². The van der Waals surface area contributed by atoms with Gasteiger partial charge in [0.15, 0.2) is 18.1 Å². The highest BCUT2D eigenvalue weighted by Crippen LogP contribution is 2.29. The van der Waals surface area contributed by atoms with Gasteiger partial charge in [0.1, 0.15) is 17.7 Å². The van der Waals surface area contributed by atoms with E-state index in [-0.39, 0.29) is 30.3 Å². The Balaban J connectivity index is 1.80. The van der Waals surface area contributed by atoms with Crippen LogP contribution in [0.25, 0.3) is 0 Å². The lowest BCUT2D eigenvalue weighted by Crippen LogP contribution is -2.34. The van der Waals surface area contributed by atoms with Crippen molar-refractivity contribution in [2.24, 2.45) is 7.05 Å². The third kappa shape index (κ3) is 6.09. The summed E-state index contributed by atoms with van der Waals surface area (Å²) in [6, 6.07) is 9.97. The Hall–Kier alpha value is -3.88. The summed E-state index contributed by atoms with van der Waals surface area (Å²) in [5, 5.41) is 5.69. The molecule has 1 aromatic heterocycles. The molecule has 1 unspecified atom stereocenters. The van der Waals surface area contributed by atoms with Crippen LogP contribution in [-0.2, 0) is 11.8 Å². The van der Waals surface area contributed by atoms with Crippen molar-refractivity contribution in [3.8, 4) is 11.5 Å². The average Bonchev–Trinajstić information content (AvgIpc) is 3.21. The minimum absolute atomic E-state index is 0.00170. The Labute approximate surface area is 191 Å². The zero-order chi connectivity index (χ0) is 24.0. The van der Waals surface area contributed by atoms with E-state index in [0.29, 0.717) is 28.5 Å². The molecule has 2 N–H and O–H groups in total. The predicted molar refractivity (Wildman–Crippen MR) is 121 cm³/mol. The Morgan fingerprint density at radius 3 is 2.42 bits per heavy atom. The molecule has 0 aliphatic heterocycles. The molecule has 33 heavy (non-hydrogen) atoms. The van der Waals surface area contributed by atoms with E-state index in [1.807, 2.05) is 20.9 Å². The summed E-state index contributed by atoms with van der Waals surface area (Å²) in [5.74, 6) is 0.243. The van der Waals surface area contributed by atoms with Gasteiger partial charge in [-0.2, -0.15) is 0 Å². The number of methoxy groups -OCH3 is 1. The second-order valence-corrected chi connectivity index (χ2v) is 7.73. The average molecular weight is 455 g/mol. The van der Waals surface area contributed by atoms with Crippen molar-refractivity contribution >= 4 is 11.8 Å². The molecule has 0 fully saturated rings. The third-order valence-corrected chi connectivity index (χ3v) is 4.83. The van der Waals surface area contributed by atoms with Crippen molar-refractivity contribution in [1.29, 1.82) is 0 Å². The fourth-order valence-electron chi connectivity index (χ4n) is 3.26. The first-order valence-electron chi connectivity index (χ1n) is 10.4. The predicted octanol–water partition coefficient (Wildman–Crippen LogP) is 2.99. The maximum Gasteiger partial charge on any atom is 0.258 e. The highest BCUT2D eigenvalue weighted by molar-refractivity contribution is 5.95. The van der Waals surface area contributed by atoms with Crippen LogP contribution in [0.1, 0.15) is 41.6 Å². The van der Waals surface area contributed by atoms with Crippen molar-refractivity contribution in [1.82, 2.24) is 20.2 Å². The Kier molecular flexibility index (Phi) is 7.66. The molecule has 2 aromatic carbocycles. The molecule has 8 nitrogen and oxygen atoms in total. The van der Waals surface area contributed by atoms with E-state index in [2.05, 4.69) is 15.6 Å². The lowest BCUT2D eigenvalue weighted by molar-refractivity contribution is -0.123. The molecule has 3 rings (SSSR count). The lowest BCUT2D eigenvalue weighted by Gasteiger charge is -2.20. The number of benzene rings is 2. The number of imidazole rings is 1. The third-order valence-electron chi connectivity index (χ3n) is 4.83. The molecule has 174 valence electrons. The zero-order valence-corrected chi connectivity index (χ0v) is 19.0. The number of amides is 2. The summed E-state index contributed by atoms with van der Waals surface area (Å²) in [6.45, 7) is 3.54. The van der Waals surface area contributed by atoms with Gasteiger partial charge in [-0.15, -0.1) is 0 Å². The lowest BCUT2D eigenvalue weighted by atomic mass is 10.0. The summed E-state index contributed by atoms with van der Waals surface area (Å²) in [7, 11) is 3.27. The monoisotopic (exact) mass is 454 g/mol. The van der Waals surface area contributed by atoms with Crippen LogP contribution < -0.4 is 20.1 Å². The molecule has 0 spiro atoms.